The predicted octanol–water partition coefficient (Wildman–Crippen LogP) is 3.40. The summed E-state index contributed by atoms with van der Waals surface area (Å²) in [5.41, 5.74) is 5.50. The van der Waals surface area contributed by atoms with Crippen molar-refractivity contribution in [2.75, 3.05) is 13.1 Å². The van der Waals surface area contributed by atoms with Crippen molar-refractivity contribution in [2.45, 2.75) is 73.0 Å². The average Bonchev–Trinajstić information content (AvgIpc) is 2.25. The molecule has 1 aliphatic rings. The molecule has 4 heteroatoms. The highest BCUT2D eigenvalue weighted by Crippen LogP contribution is 2.39. The molecule has 0 spiro atoms. The van der Waals surface area contributed by atoms with Crippen molar-refractivity contribution >= 4 is 6.09 Å². The Kier molecular flexibility index (Phi) is 4.79. The van der Waals surface area contributed by atoms with E-state index in [4.69, 9.17) is 10.5 Å². The lowest BCUT2D eigenvalue weighted by atomic mass is 9.73. The number of carbonyl (C=O) groups excluding carboxylic acids is 1. The van der Waals surface area contributed by atoms with Gasteiger partial charge in [0, 0.05) is 12.6 Å². The van der Waals surface area contributed by atoms with E-state index in [0.29, 0.717) is 6.54 Å². The molecule has 0 aromatic heterocycles. The molecular formula is C16H32N2O2. The molecule has 0 bridgehead atoms. The van der Waals surface area contributed by atoms with Crippen molar-refractivity contribution in [3.63, 3.8) is 0 Å². The third-order valence-corrected chi connectivity index (χ3v) is 4.13. The Morgan fingerprint density at radius 2 is 1.85 bits per heavy atom. The van der Waals surface area contributed by atoms with E-state index in [1.165, 1.54) is 0 Å². The fourth-order valence-corrected chi connectivity index (χ4v) is 2.79. The summed E-state index contributed by atoms with van der Waals surface area (Å²) in [6, 6.07) is 0.148. The first-order valence-electron chi connectivity index (χ1n) is 7.58. The minimum atomic E-state index is -0.462. The number of nitrogens with two attached hydrogens (primary N) is 1. The number of likely N-dealkylation sites (tertiary alicyclic amines) is 1. The van der Waals surface area contributed by atoms with Crippen molar-refractivity contribution < 1.29 is 9.53 Å². The summed E-state index contributed by atoms with van der Waals surface area (Å²) in [4.78, 5) is 14.4. The lowest BCUT2D eigenvalue weighted by Crippen LogP contribution is -2.57. The number of hydrogen-bond donors (Lipinski definition) is 1. The molecule has 20 heavy (non-hydrogen) atoms. The Morgan fingerprint density at radius 1 is 1.30 bits per heavy atom. The van der Waals surface area contributed by atoms with Crippen LogP contribution in [0.25, 0.3) is 0 Å². The van der Waals surface area contributed by atoms with Gasteiger partial charge in [-0.25, -0.2) is 4.79 Å². The Hall–Kier alpha value is -0.770. The van der Waals surface area contributed by atoms with Gasteiger partial charge in [0.1, 0.15) is 5.60 Å². The van der Waals surface area contributed by atoms with Crippen LogP contribution in [-0.2, 0) is 4.74 Å². The van der Waals surface area contributed by atoms with Gasteiger partial charge in [0.15, 0.2) is 0 Å². The summed E-state index contributed by atoms with van der Waals surface area (Å²) in [6.45, 7) is 15.7. The monoisotopic (exact) mass is 284 g/mol. The van der Waals surface area contributed by atoms with Crippen LogP contribution in [-0.4, -0.2) is 35.7 Å². The summed E-state index contributed by atoms with van der Waals surface area (Å²) in [5.74, 6) is 0. The van der Waals surface area contributed by atoms with Gasteiger partial charge in [-0.05, 0) is 51.0 Å². The number of ether oxygens (including phenoxy) is 1. The lowest BCUT2D eigenvalue weighted by molar-refractivity contribution is -0.0303. The maximum absolute atomic E-state index is 12.5. The molecule has 1 aliphatic heterocycles. The van der Waals surface area contributed by atoms with E-state index in [0.717, 1.165) is 19.4 Å². The van der Waals surface area contributed by atoms with Gasteiger partial charge in [-0.2, -0.15) is 0 Å². The molecule has 0 aliphatic carbocycles. The summed E-state index contributed by atoms with van der Waals surface area (Å²) >= 11 is 0. The van der Waals surface area contributed by atoms with Crippen molar-refractivity contribution in [3.8, 4) is 0 Å². The van der Waals surface area contributed by atoms with Crippen molar-refractivity contribution in [1.82, 2.24) is 4.90 Å². The van der Waals surface area contributed by atoms with Gasteiger partial charge >= 0.3 is 6.09 Å². The number of nitrogens with zero attached hydrogens (tertiary/aromatic N) is 1. The zero-order valence-electron chi connectivity index (χ0n) is 14.2. The van der Waals surface area contributed by atoms with Gasteiger partial charge < -0.3 is 15.4 Å². The van der Waals surface area contributed by atoms with Crippen LogP contribution in [0.15, 0.2) is 0 Å². The van der Waals surface area contributed by atoms with Crippen LogP contribution in [0.3, 0.4) is 0 Å². The van der Waals surface area contributed by atoms with E-state index in [2.05, 4.69) is 27.7 Å². The average molecular weight is 284 g/mol. The summed E-state index contributed by atoms with van der Waals surface area (Å²) in [5, 5.41) is 0. The third-order valence-electron chi connectivity index (χ3n) is 4.13. The highest BCUT2D eigenvalue weighted by Gasteiger charge is 2.43. The maximum atomic E-state index is 12.5. The molecule has 118 valence electrons. The molecule has 1 atom stereocenters. The molecule has 0 saturated carbocycles. The minimum Gasteiger partial charge on any atom is -0.444 e. The fourth-order valence-electron chi connectivity index (χ4n) is 2.79. The molecule has 1 heterocycles. The standard InChI is InChI=1S/C16H32N2O2/c1-14(2,3)20-13(19)18-11-15(4,5)9-8-12(18)16(6,7)10-17/h12H,8-11,17H2,1-7H3. The zero-order valence-corrected chi connectivity index (χ0v) is 14.2. The Bertz CT molecular complexity index is 356. The number of piperidine rings is 1. The van der Waals surface area contributed by atoms with E-state index in [9.17, 15) is 4.79 Å². The first-order chi connectivity index (χ1) is 8.88. The Balaban J connectivity index is 2.97. The predicted molar refractivity (Wildman–Crippen MR) is 82.6 cm³/mol. The molecule has 1 amide bonds. The third kappa shape index (κ3) is 4.37. The molecule has 0 aromatic carbocycles. The summed E-state index contributed by atoms with van der Waals surface area (Å²) < 4.78 is 5.59. The van der Waals surface area contributed by atoms with Gasteiger partial charge in [0.25, 0.3) is 0 Å². The normalized spacial score (nSPS) is 23.6. The van der Waals surface area contributed by atoms with Crippen molar-refractivity contribution in [2.24, 2.45) is 16.6 Å². The molecule has 1 rings (SSSR count). The second-order valence-electron chi connectivity index (χ2n) is 8.52. The van der Waals surface area contributed by atoms with Gasteiger partial charge in [0.05, 0.1) is 0 Å². The van der Waals surface area contributed by atoms with Crippen molar-refractivity contribution in [3.05, 3.63) is 0 Å². The smallest absolute Gasteiger partial charge is 0.410 e. The van der Waals surface area contributed by atoms with E-state index in [1.807, 2.05) is 25.7 Å². The molecule has 4 nitrogen and oxygen atoms in total. The fraction of sp³-hybridized carbons (Fsp3) is 0.938. The van der Waals surface area contributed by atoms with E-state index in [-0.39, 0.29) is 23.0 Å². The molecule has 1 saturated heterocycles. The van der Waals surface area contributed by atoms with Crippen LogP contribution in [0, 0.1) is 10.8 Å². The highest BCUT2D eigenvalue weighted by molar-refractivity contribution is 5.69. The van der Waals surface area contributed by atoms with Crippen LogP contribution >= 0.6 is 0 Å². The molecule has 0 aromatic rings. The largest absolute Gasteiger partial charge is 0.444 e. The highest BCUT2D eigenvalue weighted by atomic mass is 16.6. The molecule has 2 N–H and O–H groups in total. The quantitative estimate of drug-likeness (QED) is 0.845. The Morgan fingerprint density at radius 3 is 2.30 bits per heavy atom. The minimum absolute atomic E-state index is 0.0899. The molecule has 1 fully saturated rings. The number of amides is 1. The second kappa shape index (κ2) is 5.55. The van der Waals surface area contributed by atoms with Crippen molar-refractivity contribution in [1.29, 1.82) is 0 Å². The number of rotatable bonds is 2. The van der Waals surface area contributed by atoms with Gasteiger partial charge in [0.2, 0.25) is 0 Å². The van der Waals surface area contributed by atoms with Gasteiger partial charge in [-0.3, -0.25) is 0 Å². The summed E-state index contributed by atoms with van der Waals surface area (Å²) in [7, 11) is 0. The second-order valence-corrected chi connectivity index (χ2v) is 8.52. The van der Waals surface area contributed by atoms with E-state index >= 15 is 0 Å². The Labute approximate surface area is 124 Å². The lowest BCUT2D eigenvalue weighted by Gasteiger charge is -2.49. The molecule has 0 radical (unpaired) electrons. The van der Waals surface area contributed by atoms with Gasteiger partial charge in [-0.1, -0.05) is 27.7 Å². The van der Waals surface area contributed by atoms with E-state index in [1.54, 1.807) is 0 Å². The first-order valence-corrected chi connectivity index (χ1v) is 7.58. The van der Waals surface area contributed by atoms with Gasteiger partial charge in [-0.15, -0.1) is 0 Å². The number of carbonyl (C=O) groups is 1. The SMILES string of the molecule is CC1(C)CCC(C(C)(C)CN)N(C(=O)OC(C)(C)C)C1. The van der Waals surface area contributed by atoms with E-state index < -0.39 is 5.60 Å². The molecular weight excluding hydrogens is 252 g/mol. The topological polar surface area (TPSA) is 55.6 Å². The molecule has 1 unspecified atom stereocenters. The van der Waals surface area contributed by atoms with Crippen LogP contribution in [0.2, 0.25) is 0 Å². The zero-order chi connectivity index (χ0) is 15.8. The number of hydrogen-bond acceptors (Lipinski definition) is 3. The first kappa shape index (κ1) is 17.3. The van der Waals surface area contributed by atoms with Crippen LogP contribution in [0.1, 0.15) is 61.3 Å². The van der Waals surface area contributed by atoms with Crippen LogP contribution < -0.4 is 5.73 Å². The van der Waals surface area contributed by atoms with Crippen LogP contribution in [0.5, 0.6) is 0 Å². The maximum Gasteiger partial charge on any atom is 0.410 e. The summed E-state index contributed by atoms with van der Waals surface area (Å²) in [6.07, 6.45) is 1.88. The van der Waals surface area contributed by atoms with Crippen LogP contribution in [0.4, 0.5) is 4.79 Å².